The Bertz CT molecular complexity index is 1100. The molecular formula is C24H20N4. The van der Waals surface area contributed by atoms with Gasteiger partial charge < -0.3 is 5.43 Å². The van der Waals surface area contributed by atoms with Gasteiger partial charge in [-0.3, -0.25) is 0 Å². The maximum absolute atomic E-state index is 4.92. The van der Waals surface area contributed by atoms with Gasteiger partial charge in [-0.15, -0.1) is 0 Å². The van der Waals surface area contributed by atoms with E-state index in [4.69, 9.17) is 5.10 Å². The summed E-state index contributed by atoms with van der Waals surface area (Å²) in [4.78, 5) is 0. The van der Waals surface area contributed by atoms with E-state index in [0.717, 1.165) is 40.2 Å². The molecule has 1 atom stereocenters. The fourth-order valence-corrected chi connectivity index (χ4v) is 3.61. The first-order chi connectivity index (χ1) is 13.9. The summed E-state index contributed by atoms with van der Waals surface area (Å²) in [5.74, 6) is 0. The molecule has 0 bridgehead atoms. The second-order valence-electron chi connectivity index (χ2n) is 6.89. The molecule has 4 aromatic rings. The van der Waals surface area contributed by atoms with Gasteiger partial charge in [0.05, 0.1) is 23.1 Å². The van der Waals surface area contributed by atoms with Crippen LogP contribution in [0.3, 0.4) is 0 Å². The van der Waals surface area contributed by atoms with Gasteiger partial charge in [-0.05, 0) is 17.7 Å². The van der Waals surface area contributed by atoms with E-state index in [2.05, 4.69) is 65.3 Å². The second-order valence-corrected chi connectivity index (χ2v) is 6.89. The fourth-order valence-electron chi connectivity index (χ4n) is 3.61. The number of aromatic nitrogens is 2. The van der Waals surface area contributed by atoms with Gasteiger partial charge in [-0.2, -0.15) is 10.2 Å². The maximum atomic E-state index is 4.92. The Morgan fingerprint density at radius 1 is 0.750 bits per heavy atom. The van der Waals surface area contributed by atoms with Crippen LogP contribution in [-0.4, -0.2) is 15.5 Å². The highest BCUT2D eigenvalue weighted by Gasteiger charge is 2.26. The first kappa shape index (κ1) is 16.5. The molecule has 0 amide bonds. The van der Waals surface area contributed by atoms with Gasteiger partial charge in [0.25, 0.3) is 0 Å². The molecule has 5 rings (SSSR count). The van der Waals surface area contributed by atoms with Crippen LogP contribution in [0, 0.1) is 0 Å². The molecule has 0 unspecified atom stereocenters. The molecule has 1 aliphatic heterocycles. The first-order valence-electron chi connectivity index (χ1n) is 9.46. The fraction of sp³-hybridized carbons (Fsp3) is 0.0833. The normalized spacial score (nSPS) is 15.9. The standard InChI is InChI=1S/C24H20N4/c1-4-10-18(11-5-1)22-16-23(26-25-22)21-17-28(20-14-8-3-9-15-20)27-24(21)19-12-6-2-7-13-19/h1-15,17,23,26H,16H2/t23-/m0/s1. The van der Waals surface area contributed by atoms with Crippen molar-refractivity contribution in [2.45, 2.75) is 12.5 Å². The van der Waals surface area contributed by atoms with E-state index in [1.807, 2.05) is 47.1 Å². The molecule has 136 valence electrons. The van der Waals surface area contributed by atoms with E-state index in [-0.39, 0.29) is 6.04 Å². The van der Waals surface area contributed by atoms with Crippen LogP contribution < -0.4 is 5.43 Å². The molecule has 1 N–H and O–H groups in total. The summed E-state index contributed by atoms with van der Waals surface area (Å²) >= 11 is 0. The Labute approximate surface area is 164 Å². The third kappa shape index (κ3) is 3.09. The molecule has 28 heavy (non-hydrogen) atoms. The van der Waals surface area contributed by atoms with Crippen molar-refractivity contribution < 1.29 is 0 Å². The number of para-hydroxylation sites is 1. The van der Waals surface area contributed by atoms with Crippen LogP contribution in [-0.2, 0) is 0 Å². The molecule has 3 aromatic carbocycles. The summed E-state index contributed by atoms with van der Waals surface area (Å²) in [5, 5.41) is 9.53. The van der Waals surface area contributed by atoms with Crippen molar-refractivity contribution in [3.63, 3.8) is 0 Å². The van der Waals surface area contributed by atoms with E-state index in [0.29, 0.717) is 0 Å². The highest BCUT2D eigenvalue weighted by molar-refractivity contribution is 6.01. The van der Waals surface area contributed by atoms with Crippen LogP contribution >= 0.6 is 0 Å². The zero-order valence-corrected chi connectivity index (χ0v) is 15.4. The number of benzene rings is 3. The quantitative estimate of drug-likeness (QED) is 0.555. The molecule has 0 aliphatic carbocycles. The van der Waals surface area contributed by atoms with E-state index in [1.54, 1.807) is 0 Å². The molecule has 4 heteroatoms. The van der Waals surface area contributed by atoms with Gasteiger partial charge in [-0.1, -0.05) is 78.9 Å². The molecular weight excluding hydrogens is 344 g/mol. The molecule has 4 nitrogen and oxygen atoms in total. The highest BCUT2D eigenvalue weighted by atomic mass is 15.3. The third-order valence-corrected chi connectivity index (χ3v) is 5.05. The number of hydrogen-bond donors (Lipinski definition) is 1. The Morgan fingerprint density at radius 3 is 2.04 bits per heavy atom. The lowest BCUT2D eigenvalue weighted by molar-refractivity contribution is 0.621. The Morgan fingerprint density at radius 2 is 1.36 bits per heavy atom. The van der Waals surface area contributed by atoms with Gasteiger partial charge in [0, 0.05) is 23.7 Å². The lowest BCUT2D eigenvalue weighted by Crippen LogP contribution is -2.10. The molecule has 2 heterocycles. The zero-order chi connectivity index (χ0) is 18.8. The van der Waals surface area contributed by atoms with Crippen LogP contribution in [0.15, 0.2) is 102 Å². The van der Waals surface area contributed by atoms with Crippen molar-refractivity contribution in [1.82, 2.24) is 15.2 Å². The van der Waals surface area contributed by atoms with Crippen LogP contribution in [0.5, 0.6) is 0 Å². The smallest absolute Gasteiger partial charge is 0.0981 e. The average Bonchev–Trinajstić information content (AvgIpc) is 3.43. The molecule has 1 aromatic heterocycles. The monoisotopic (exact) mass is 364 g/mol. The van der Waals surface area contributed by atoms with Crippen LogP contribution in [0.2, 0.25) is 0 Å². The van der Waals surface area contributed by atoms with Crippen molar-refractivity contribution in [3.05, 3.63) is 108 Å². The number of nitrogens with one attached hydrogen (secondary N) is 1. The van der Waals surface area contributed by atoms with Crippen molar-refractivity contribution in [1.29, 1.82) is 0 Å². The van der Waals surface area contributed by atoms with Crippen molar-refractivity contribution in [2.75, 3.05) is 0 Å². The Kier molecular flexibility index (Phi) is 4.22. The van der Waals surface area contributed by atoms with E-state index in [1.165, 1.54) is 0 Å². The number of hydrazone groups is 1. The SMILES string of the molecule is c1ccc(C2=NN[C@H](c3cn(-c4ccccc4)nc3-c3ccccc3)C2)cc1. The predicted octanol–water partition coefficient (Wildman–Crippen LogP) is 4.98. The second kappa shape index (κ2) is 7.16. The Balaban J connectivity index is 1.53. The van der Waals surface area contributed by atoms with Crippen LogP contribution in [0.1, 0.15) is 23.6 Å². The third-order valence-electron chi connectivity index (χ3n) is 5.05. The van der Waals surface area contributed by atoms with Crippen molar-refractivity contribution >= 4 is 5.71 Å². The summed E-state index contributed by atoms with van der Waals surface area (Å²) in [6.07, 6.45) is 2.96. The van der Waals surface area contributed by atoms with Crippen molar-refractivity contribution in [2.24, 2.45) is 5.10 Å². The summed E-state index contributed by atoms with van der Waals surface area (Å²) < 4.78 is 1.96. The lowest BCUT2D eigenvalue weighted by Gasteiger charge is -2.10. The summed E-state index contributed by atoms with van der Waals surface area (Å²) in [7, 11) is 0. The van der Waals surface area contributed by atoms with Gasteiger partial charge in [0.15, 0.2) is 0 Å². The minimum absolute atomic E-state index is 0.0999. The lowest BCUT2D eigenvalue weighted by atomic mass is 9.97. The first-order valence-corrected chi connectivity index (χ1v) is 9.46. The van der Waals surface area contributed by atoms with Crippen LogP contribution in [0.25, 0.3) is 16.9 Å². The summed E-state index contributed by atoms with van der Waals surface area (Å²) in [6, 6.07) is 31.0. The predicted molar refractivity (Wildman–Crippen MR) is 112 cm³/mol. The average molecular weight is 364 g/mol. The van der Waals surface area contributed by atoms with Gasteiger partial charge in [0.1, 0.15) is 0 Å². The summed E-state index contributed by atoms with van der Waals surface area (Å²) in [6.45, 7) is 0. The van der Waals surface area contributed by atoms with Crippen LogP contribution in [0.4, 0.5) is 0 Å². The zero-order valence-electron chi connectivity index (χ0n) is 15.4. The number of rotatable bonds is 4. The maximum Gasteiger partial charge on any atom is 0.0981 e. The topological polar surface area (TPSA) is 42.2 Å². The van der Waals surface area contributed by atoms with E-state index in [9.17, 15) is 0 Å². The number of nitrogens with zero attached hydrogens (tertiary/aromatic N) is 3. The minimum atomic E-state index is 0.0999. The molecule has 1 aliphatic rings. The van der Waals surface area contributed by atoms with Gasteiger partial charge in [-0.25, -0.2) is 4.68 Å². The molecule has 0 radical (unpaired) electrons. The Hall–Kier alpha value is -3.66. The van der Waals surface area contributed by atoms with Gasteiger partial charge in [0.2, 0.25) is 0 Å². The van der Waals surface area contributed by atoms with Gasteiger partial charge >= 0.3 is 0 Å². The minimum Gasteiger partial charge on any atom is -0.302 e. The highest BCUT2D eigenvalue weighted by Crippen LogP contribution is 2.32. The molecule has 0 fully saturated rings. The van der Waals surface area contributed by atoms with E-state index < -0.39 is 0 Å². The molecule has 0 saturated carbocycles. The molecule has 0 saturated heterocycles. The largest absolute Gasteiger partial charge is 0.302 e. The van der Waals surface area contributed by atoms with Crippen molar-refractivity contribution in [3.8, 4) is 16.9 Å². The summed E-state index contributed by atoms with van der Waals surface area (Å²) in [5.41, 5.74) is 9.88. The van der Waals surface area contributed by atoms with E-state index >= 15 is 0 Å². The number of hydrogen-bond acceptors (Lipinski definition) is 3. The molecule has 0 spiro atoms.